The van der Waals surface area contributed by atoms with Crippen LogP contribution in [0.5, 0.6) is 17.2 Å². The van der Waals surface area contributed by atoms with Gasteiger partial charge in [0.2, 0.25) is 11.5 Å². The molecule has 0 aliphatic carbocycles. The maximum atomic E-state index is 13.4. The van der Waals surface area contributed by atoms with Crippen LogP contribution in [0.15, 0.2) is 59.7 Å². The normalized spacial score (nSPS) is 15.7. The number of aryl methyl sites for hydroxylation is 1. The van der Waals surface area contributed by atoms with Gasteiger partial charge in [-0.05, 0) is 35.6 Å². The van der Waals surface area contributed by atoms with Crippen molar-refractivity contribution in [3.8, 4) is 17.2 Å². The molecule has 0 radical (unpaired) electrons. The van der Waals surface area contributed by atoms with Gasteiger partial charge in [-0.25, -0.2) is 4.98 Å². The van der Waals surface area contributed by atoms with E-state index in [0.717, 1.165) is 0 Å². The number of ether oxygens (including phenoxy) is 3. The van der Waals surface area contributed by atoms with E-state index in [9.17, 15) is 14.7 Å². The molecule has 1 amide bonds. The second kappa shape index (κ2) is 10.0. The summed E-state index contributed by atoms with van der Waals surface area (Å²) >= 11 is 1.25. The highest BCUT2D eigenvalue weighted by atomic mass is 32.1. The molecule has 2 aromatic heterocycles. The highest BCUT2D eigenvalue weighted by molar-refractivity contribution is 7.12. The molecule has 0 saturated carbocycles. The Morgan fingerprint density at radius 1 is 1.15 bits per heavy atom. The lowest BCUT2D eigenvalue weighted by Gasteiger charge is -2.28. The first kappa shape index (κ1) is 23.4. The van der Waals surface area contributed by atoms with Crippen molar-refractivity contribution in [3.63, 3.8) is 0 Å². The van der Waals surface area contributed by atoms with E-state index in [-0.39, 0.29) is 5.57 Å². The Bertz CT molecular complexity index is 1180. The number of aromatic nitrogens is 2. The Morgan fingerprint density at radius 3 is 2.44 bits per heavy atom. The van der Waals surface area contributed by atoms with Gasteiger partial charge in [0, 0.05) is 25.5 Å². The van der Waals surface area contributed by atoms with E-state index in [0.29, 0.717) is 47.2 Å². The molecule has 0 spiro atoms. The van der Waals surface area contributed by atoms with E-state index in [2.05, 4.69) is 4.98 Å². The molecular weight excluding hydrogens is 458 g/mol. The van der Waals surface area contributed by atoms with Crippen molar-refractivity contribution in [3.05, 3.63) is 70.1 Å². The minimum absolute atomic E-state index is 0.0318. The van der Waals surface area contributed by atoms with Crippen LogP contribution in [-0.4, -0.2) is 59.1 Å². The summed E-state index contributed by atoms with van der Waals surface area (Å²) in [6.45, 7) is 0.935. The van der Waals surface area contributed by atoms with Crippen LogP contribution in [-0.2, 0) is 11.3 Å². The van der Waals surface area contributed by atoms with Crippen LogP contribution in [0.3, 0.4) is 0 Å². The van der Waals surface area contributed by atoms with Gasteiger partial charge in [0.15, 0.2) is 17.3 Å². The third kappa shape index (κ3) is 4.24. The summed E-state index contributed by atoms with van der Waals surface area (Å²) in [5, 5.41) is 12.6. The number of Topliss-reactive ketones (excluding diaryl/α,β-unsaturated/α-hetero) is 1. The number of benzene rings is 1. The van der Waals surface area contributed by atoms with E-state index in [1.165, 1.54) is 37.6 Å². The molecule has 0 saturated heterocycles. The summed E-state index contributed by atoms with van der Waals surface area (Å²) in [6.07, 6.45) is 5.82. The zero-order chi connectivity index (χ0) is 24.2. The summed E-state index contributed by atoms with van der Waals surface area (Å²) in [6, 6.07) is 6.00. The van der Waals surface area contributed by atoms with E-state index >= 15 is 0 Å². The molecule has 3 aromatic rings. The predicted molar refractivity (Wildman–Crippen MR) is 126 cm³/mol. The quantitative estimate of drug-likeness (QED) is 0.439. The van der Waals surface area contributed by atoms with Gasteiger partial charge in [-0.2, -0.15) is 0 Å². The Morgan fingerprint density at radius 2 is 1.88 bits per heavy atom. The van der Waals surface area contributed by atoms with Crippen molar-refractivity contribution in [1.29, 1.82) is 0 Å². The summed E-state index contributed by atoms with van der Waals surface area (Å²) in [5.41, 5.74) is 0.596. The van der Waals surface area contributed by atoms with Crippen LogP contribution in [0.1, 0.15) is 27.7 Å². The Balaban J connectivity index is 1.77. The van der Waals surface area contributed by atoms with Gasteiger partial charge in [0.1, 0.15) is 0 Å². The van der Waals surface area contributed by atoms with Gasteiger partial charge in [0.05, 0.1) is 44.1 Å². The number of thiophene rings is 1. The zero-order valence-corrected chi connectivity index (χ0v) is 19.9. The summed E-state index contributed by atoms with van der Waals surface area (Å²) in [4.78, 5) is 32.5. The van der Waals surface area contributed by atoms with Crippen molar-refractivity contribution in [2.75, 3.05) is 27.9 Å². The lowest BCUT2D eigenvalue weighted by molar-refractivity contribution is -0.129. The maximum Gasteiger partial charge on any atom is 0.290 e. The number of imidazole rings is 1. The molecule has 1 aromatic carbocycles. The molecule has 0 fully saturated rings. The molecule has 34 heavy (non-hydrogen) atoms. The van der Waals surface area contributed by atoms with Crippen LogP contribution in [0.2, 0.25) is 0 Å². The summed E-state index contributed by atoms with van der Waals surface area (Å²) in [5.74, 6) is -0.362. The van der Waals surface area contributed by atoms with Crippen LogP contribution in [0.4, 0.5) is 0 Å². The minimum atomic E-state index is -0.821. The number of ketones is 1. The molecule has 9 nitrogen and oxygen atoms in total. The molecule has 1 atom stereocenters. The van der Waals surface area contributed by atoms with Gasteiger partial charge in [-0.1, -0.05) is 6.07 Å². The number of rotatable bonds is 10. The van der Waals surface area contributed by atoms with Crippen molar-refractivity contribution >= 4 is 23.0 Å². The molecule has 1 aliphatic rings. The first-order valence-corrected chi connectivity index (χ1v) is 11.5. The smallest absolute Gasteiger partial charge is 0.290 e. The average molecular weight is 484 g/mol. The molecule has 0 unspecified atom stereocenters. The number of aliphatic hydroxyl groups excluding tert-OH is 1. The topological polar surface area (TPSA) is 103 Å². The van der Waals surface area contributed by atoms with Crippen molar-refractivity contribution in [2.45, 2.75) is 19.0 Å². The van der Waals surface area contributed by atoms with Crippen molar-refractivity contribution in [1.82, 2.24) is 14.5 Å². The predicted octanol–water partition coefficient (Wildman–Crippen LogP) is 3.64. The SMILES string of the molecule is COc1cc([C@@H]2C(C(=O)c3cccs3)=C(O)C(=O)N2CCCn2ccnc2)cc(OC)c1OC. The Kier molecular flexibility index (Phi) is 6.87. The molecule has 178 valence electrons. The van der Waals surface area contributed by atoms with Gasteiger partial charge >= 0.3 is 0 Å². The van der Waals surface area contributed by atoms with Crippen molar-refractivity contribution in [2.24, 2.45) is 0 Å². The molecule has 4 rings (SSSR count). The highest BCUT2D eigenvalue weighted by Crippen LogP contribution is 2.45. The zero-order valence-electron chi connectivity index (χ0n) is 19.1. The van der Waals surface area contributed by atoms with Crippen LogP contribution >= 0.6 is 11.3 Å². The van der Waals surface area contributed by atoms with E-state index < -0.39 is 23.5 Å². The van der Waals surface area contributed by atoms with Crippen LogP contribution < -0.4 is 14.2 Å². The highest BCUT2D eigenvalue weighted by Gasteiger charge is 2.44. The average Bonchev–Trinajstić information content (AvgIpc) is 3.61. The van der Waals surface area contributed by atoms with E-state index in [4.69, 9.17) is 14.2 Å². The van der Waals surface area contributed by atoms with Gasteiger partial charge in [-0.15, -0.1) is 11.3 Å². The number of hydrogen-bond donors (Lipinski definition) is 1. The van der Waals surface area contributed by atoms with Crippen molar-refractivity contribution < 1.29 is 28.9 Å². The lowest BCUT2D eigenvalue weighted by Crippen LogP contribution is -2.32. The van der Waals surface area contributed by atoms with Crippen LogP contribution in [0.25, 0.3) is 0 Å². The number of nitrogens with zero attached hydrogens (tertiary/aromatic N) is 3. The number of carbonyl (C=O) groups is 2. The second-order valence-corrected chi connectivity index (χ2v) is 8.53. The molecule has 3 heterocycles. The molecule has 1 N–H and O–H groups in total. The monoisotopic (exact) mass is 483 g/mol. The maximum absolute atomic E-state index is 13.4. The van der Waals surface area contributed by atoms with Gasteiger partial charge in [-0.3, -0.25) is 9.59 Å². The fraction of sp³-hybridized carbons (Fsp3) is 0.292. The first-order valence-electron chi connectivity index (χ1n) is 10.6. The first-order chi connectivity index (χ1) is 16.5. The molecular formula is C24H25N3O6S. The minimum Gasteiger partial charge on any atom is -0.503 e. The van der Waals surface area contributed by atoms with E-state index in [1.807, 2.05) is 10.8 Å². The lowest BCUT2D eigenvalue weighted by atomic mass is 9.94. The Labute approximate surface area is 200 Å². The second-order valence-electron chi connectivity index (χ2n) is 7.58. The third-order valence-electron chi connectivity index (χ3n) is 5.67. The van der Waals surface area contributed by atoms with Gasteiger partial charge < -0.3 is 28.8 Å². The number of amides is 1. The van der Waals surface area contributed by atoms with Crippen LogP contribution in [0, 0.1) is 0 Å². The third-order valence-corrected chi connectivity index (χ3v) is 6.54. The largest absolute Gasteiger partial charge is 0.503 e. The fourth-order valence-corrected chi connectivity index (χ4v) is 4.78. The number of hydrogen-bond acceptors (Lipinski definition) is 8. The van der Waals surface area contributed by atoms with E-state index in [1.54, 1.807) is 42.2 Å². The number of methoxy groups -OCH3 is 3. The summed E-state index contributed by atoms with van der Waals surface area (Å²) < 4.78 is 18.3. The fourth-order valence-electron chi connectivity index (χ4n) is 4.11. The summed E-state index contributed by atoms with van der Waals surface area (Å²) in [7, 11) is 4.49. The number of aliphatic hydroxyl groups is 1. The Hall–Kier alpha value is -3.79. The van der Waals surface area contributed by atoms with Gasteiger partial charge in [0.25, 0.3) is 5.91 Å². The molecule has 10 heteroatoms. The molecule has 0 bridgehead atoms. The molecule has 1 aliphatic heterocycles. The number of carbonyl (C=O) groups excluding carboxylic acids is 2. The standard InChI is InChI=1S/C24H25N3O6S/c1-31-16-12-15(13-17(32-2)23(16)33-3)20-19(21(28)18-6-4-11-34-18)22(29)24(30)27(20)9-5-8-26-10-7-25-14-26/h4,6-7,10-14,20,29H,5,8-9H2,1-3H3/t20-/m1/s1.